The maximum absolute atomic E-state index is 9.92. The molecule has 1 aromatic carbocycles. The molecule has 0 atom stereocenters. The van der Waals surface area contributed by atoms with E-state index in [0.29, 0.717) is 5.41 Å². The molecule has 0 saturated carbocycles. The van der Waals surface area contributed by atoms with Crippen molar-refractivity contribution in [3.8, 4) is 11.5 Å². The number of rotatable bonds is 4. The quantitative estimate of drug-likeness (QED) is 0.767. The monoisotopic (exact) mass is 250 g/mol. The van der Waals surface area contributed by atoms with Crippen LogP contribution in [-0.2, 0) is 5.41 Å². The highest BCUT2D eigenvalue weighted by molar-refractivity contribution is 5.42. The Morgan fingerprint density at radius 3 is 2.11 bits per heavy atom. The molecule has 0 radical (unpaired) electrons. The zero-order chi connectivity index (χ0) is 14.0. The number of hydrogen-bond acceptors (Lipinski definition) is 2. The Labute approximate surface area is 111 Å². The summed E-state index contributed by atoms with van der Waals surface area (Å²) in [6, 6.07) is 4.76. The smallest absolute Gasteiger partial charge is 0.119 e. The van der Waals surface area contributed by atoms with Crippen molar-refractivity contribution in [2.75, 3.05) is 0 Å². The Morgan fingerprint density at radius 2 is 1.56 bits per heavy atom. The molecule has 0 amide bonds. The Balaban J connectivity index is 2.76. The highest BCUT2D eigenvalue weighted by Gasteiger charge is 2.24. The lowest BCUT2D eigenvalue weighted by Crippen LogP contribution is -2.18. The average Bonchev–Trinajstić information content (AvgIpc) is 2.19. The van der Waals surface area contributed by atoms with Crippen LogP contribution in [0.15, 0.2) is 18.2 Å². The maximum Gasteiger partial charge on any atom is 0.119 e. The third-order valence-corrected chi connectivity index (χ3v) is 3.44. The van der Waals surface area contributed by atoms with Crippen molar-refractivity contribution in [2.45, 2.75) is 59.3 Å². The van der Waals surface area contributed by atoms with Crippen molar-refractivity contribution in [2.24, 2.45) is 5.41 Å². The summed E-state index contributed by atoms with van der Waals surface area (Å²) in [6.07, 6.45) is 3.28. The Kier molecular flexibility index (Phi) is 4.31. The fourth-order valence-electron chi connectivity index (χ4n) is 2.26. The molecule has 2 heteroatoms. The summed E-state index contributed by atoms with van der Waals surface area (Å²) in [7, 11) is 0. The van der Waals surface area contributed by atoms with Gasteiger partial charge in [-0.25, -0.2) is 0 Å². The van der Waals surface area contributed by atoms with Crippen LogP contribution in [0.2, 0.25) is 0 Å². The van der Waals surface area contributed by atoms with Crippen LogP contribution in [0.4, 0.5) is 0 Å². The molecule has 0 fully saturated rings. The van der Waals surface area contributed by atoms with E-state index >= 15 is 0 Å². The van der Waals surface area contributed by atoms with Gasteiger partial charge in [0.2, 0.25) is 0 Å². The van der Waals surface area contributed by atoms with Gasteiger partial charge in [-0.1, -0.05) is 41.0 Å². The SMILES string of the molecule is CC(C)(C)CCCC(C)(C)c1cc(O)ccc1O. The topological polar surface area (TPSA) is 40.5 Å². The zero-order valence-electron chi connectivity index (χ0n) is 12.2. The van der Waals surface area contributed by atoms with Gasteiger partial charge in [0.25, 0.3) is 0 Å². The molecule has 102 valence electrons. The fraction of sp³-hybridized carbons (Fsp3) is 0.625. The lowest BCUT2D eigenvalue weighted by atomic mass is 9.77. The average molecular weight is 250 g/mol. The summed E-state index contributed by atoms with van der Waals surface area (Å²) in [6.45, 7) is 11.0. The first kappa shape index (κ1) is 14.9. The first-order valence-electron chi connectivity index (χ1n) is 6.64. The summed E-state index contributed by atoms with van der Waals surface area (Å²) in [5.74, 6) is 0.486. The molecule has 0 saturated heterocycles. The lowest BCUT2D eigenvalue weighted by molar-refractivity contribution is 0.328. The molecule has 0 spiro atoms. The molecule has 0 heterocycles. The van der Waals surface area contributed by atoms with Crippen LogP contribution in [-0.4, -0.2) is 10.2 Å². The van der Waals surface area contributed by atoms with Crippen LogP contribution in [0, 0.1) is 5.41 Å². The normalized spacial score (nSPS) is 12.7. The van der Waals surface area contributed by atoms with Crippen molar-refractivity contribution in [1.82, 2.24) is 0 Å². The second-order valence-corrected chi connectivity index (χ2v) is 7.00. The Hall–Kier alpha value is -1.18. The number of phenols is 2. The Bertz CT molecular complexity index is 400. The van der Waals surface area contributed by atoms with Crippen LogP contribution in [0.3, 0.4) is 0 Å². The van der Waals surface area contributed by atoms with Gasteiger partial charge >= 0.3 is 0 Å². The molecule has 1 aromatic rings. The summed E-state index contributed by atoms with van der Waals surface area (Å²) in [4.78, 5) is 0. The van der Waals surface area contributed by atoms with E-state index in [4.69, 9.17) is 0 Å². The lowest BCUT2D eigenvalue weighted by Gasteiger charge is -2.28. The molecular weight excluding hydrogens is 224 g/mol. The van der Waals surface area contributed by atoms with Gasteiger partial charge in [0.1, 0.15) is 11.5 Å². The second kappa shape index (κ2) is 5.21. The van der Waals surface area contributed by atoms with Crippen LogP contribution in [0.5, 0.6) is 11.5 Å². The van der Waals surface area contributed by atoms with Crippen molar-refractivity contribution in [3.05, 3.63) is 23.8 Å². The van der Waals surface area contributed by atoms with Crippen LogP contribution in [0.25, 0.3) is 0 Å². The third-order valence-electron chi connectivity index (χ3n) is 3.44. The van der Waals surface area contributed by atoms with Crippen molar-refractivity contribution in [1.29, 1.82) is 0 Å². The van der Waals surface area contributed by atoms with Gasteiger partial charge < -0.3 is 10.2 Å². The minimum Gasteiger partial charge on any atom is -0.508 e. The number of aromatic hydroxyl groups is 2. The maximum atomic E-state index is 9.92. The highest BCUT2D eigenvalue weighted by atomic mass is 16.3. The predicted octanol–water partition coefficient (Wildman–Crippen LogP) is 4.59. The second-order valence-electron chi connectivity index (χ2n) is 7.00. The molecular formula is C16H26O2. The van der Waals surface area contributed by atoms with E-state index in [2.05, 4.69) is 34.6 Å². The minimum absolute atomic E-state index is 0.117. The summed E-state index contributed by atoms with van der Waals surface area (Å²) >= 11 is 0. The highest BCUT2D eigenvalue weighted by Crippen LogP contribution is 2.38. The van der Waals surface area contributed by atoms with E-state index in [-0.39, 0.29) is 16.9 Å². The van der Waals surface area contributed by atoms with Gasteiger partial charge in [0.15, 0.2) is 0 Å². The van der Waals surface area contributed by atoms with Crippen molar-refractivity contribution in [3.63, 3.8) is 0 Å². The molecule has 0 aliphatic heterocycles. The first-order chi connectivity index (χ1) is 8.12. The molecule has 2 nitrogen and oxygen atoms in total. The van der Waals surface area contributed by atoms with Crippen LogP contribution < -0.4 is 0 Å². The van der Waals surface area contributed by atoms with Crippen molar-refractivity contribution < 1.29 is 10.2 Å². The van der Waals surface area contributed by atoms with Crippen LogP contribution >= 0.6 is 0 Å². The summed E-state index contributed by atoms with van der Waals surface area (Å²) in [5, 5.41) is 19.5. The van der Waals surface area contributed by atoms with E-state index in [1.54, 1.807) is 12.1 Å². The van der Waals surface area contributed by atoms with E-state index < -0.39 is 0 Å². The van der Waals surface area contributed by atoms with E-state index in [9.17, 15) is 10.2 Å². The first-order valence-corrected chi connectivity index (χ1v) is 6.64. The largest absolute Gasteiger partial charge is 0.508 e. The van der Waals surface area contributed by atoms with Gasteiger partial charge in [-0.2, -0.15) is 0 Å². The summed E-state index contributed by atoms with van der Waals surface area (Å²) in [5.41, 5.74) is 1.06. The standard InChI is InChI=1S/C16H26O2/c1-15(2,3)9-6-10-16(4,5)13-11-12(17)7-8-14(13)18/h7-8,11,17-18H,6,9-10H2,1-5H3. The van der Waals surface area contributed by atoms with Gasteiger partial charge in [-0.15, -0.1) is 0 Å². The summed E-state index contributed by atoms with van der Waals surface area (Å²) < 4.78 is 0. The molecule has 2 N–H and O–H groups in total. The molecule has 0 bridgehead atoms. The van der Waals surface area contributed by atoms with Gasteiger partial charge in [0.05, 0.1) is 0 Å². The third kappa shape index (κ3) is 4.25. The molecule has 1 rings (SSSR count). The zero-order valence-corrected chi connectivity index (χ0v) is 12.2. The number of benzene rings is 1. The molecule has 0 aliphatic rings. The van der Waals surface area contributed by atoms with Gasteiger partial charge in [0, 0.05) is 5.56 Å². The molecule has 18 heavy (non-hydrogen) atoms. The molecule has 0 aromatic heterocycles. The van der Waals surface area contributed by atoms with Gasteiger partial charge in [-0.05, 0) is 41.9 Å². The minimum atomic E-state index is -0.117. The van der Waals surface area contributed by atoms with Gasteiger partial charge in [-0.3, -0.25) is 0 Å². The molecule has 0 aliphatic carbocycles. The predicted molar refractivity (Wildman–Crippen MR) is 76.1 cm³/mol. The fourth-order valence-corrected chi connectivity index (χ4v) is 2.26. The number of hydrogen-bond donors (Lipinski definition) is 2. The van der Waals surface area contributed by atoms with E-state index in [0.717, 1.165) is 24.8 Å². The molecule has 0 unspecified atom stereocenters. The number of phenolic OH excluding ortho intramolecular Hbond substituents is 2. The van der Waals surface area contributed by atoms with Crippen LogP contribution in [0.1, 0.15) is 59.4 Å². The van der Waals surface area contributed by atoms with E-state index in [1.807, 2.05) is 0 Å². The Morgan fingerprint density at radius 1 is 0.944 bits per heavy atom. The van der Waals surface area contributed by atoms with Crippen molar-refractivity contribution >= 4 is 0 Å². The van der Waals surface area contributed by atoms with E-state index in [1.165, 1.54) is 6.07 Å².